The van der Waals surface area contributed by atoms with Crippen molar-refractivity contribution in [2.75, 3.05) is 0 Å². The van der Waals surface area contributed by atoms with Crippen molar-refractivity contribution in [3.8, 4) is 0 Å². The zero-order chi connectivity index (χ0) is 27.6. The molecule has 0 aromatic heterocycles. The summed E-state index contributed by atoms with van der Waals surface area (Å²) in [5, 5.41) is 41.5. The molecule has 0 aromatic rings. The third kappa shape index (κ3) is 7.81. The monoisotopic (exact) mass is 516 g/mol. The van der Waals surface area contributed by atoms with Gasteiger partial charge in [-0.1, -0.05) is 63.8 Å². The van der Waals surface area contributed by atoms with Gasteiger partial charge in [0.15, 0.2) is 0 Å². The van der Waals surface area contributed by atoms with Crippen LogP contribution in [0, 0.1) is 29.1 Å². The standard InChI is InChI=1S/C33H56O4/c1-22-26(21-29(34)23(2)30(22)35)15-14-25-13-10-20-33(7)27(16-17-28(25)33)24(11-8-18-31(3,4)36)12-9-19-32(5,6)37/h14-15,23-24,27-30,34-37H,1,8-13,16-21H2,2-7H3/b25-14-,26-15+/t23-,27+,28?,29+,30+,33+/m0/s1. The van der Waals surface area contributed by atoms with E-state index in [1.165, 1.54) is 31.3 Å². The van der Waals surface area contributed by atoms with Crippen molar-refractivity contribution in [3.63, 3.8) is 0 Å². The quantitative estimate of drug-likeness (QED) is 0.255. The van der Waals surface area contributed by atoms with Gasteiger partial charge >= 0.3 is 0 Å². The van der Waals surface area contributed by atoms with E-state index in [2.05, 4.69) is 25.7 Å². The van der Waals surface area contributed by atoms with Crippen LogP contribution < -0.4 is 0 Å². The molecule has 4 nitrogen and oxygen atoms in total. The molecule has 3 aliphatic carbocycles. The maximum atomic E-state index is 10.5. The van der Waals surface area contributed by atoms with Gasteiger partial charge in [-0.05, 0) is 113 Å². The second-order valence-corrected chi connectivity index (χ2v) is 14.3. The smallest absolute Gasteiger partial charge is 0.0837 e. The molecular formula is C33H56O4. The summed E-state index contributed by atoms with van der Waals surface area (Å²) in [5.41, 5.74) is 2.34. The lowest BCUT2D eigenvalue weighted by atomic mass is 9.60. The van der Waals surface area contributed by atoms with Crippen molar-refractivity contribution >= 4 is 0 Å². The molecule has 0 aromatic carbocycles. The zero-order valence-corrected chi connectivity index (χ0v) is 24.6. The first-order chi connectivity index (χ1) is 17.1. The molecule has 0 saturated heterocycles. The van der Waals surface area contributed by atoms with Crippen molar-refractivity contribution in [2.24, 2.45) is 29.1 Å². The van der Waals surface area contributed by atoms with E-state index in [1.807, 2.05) is 34.6 Å². The normalized spacial score (nSPS) is 35.5. The van der Waals surface area contributed by atoms with Gasteiger partial charge in [0, 0.05) is 5.92 Å². The molecule has 0 aliphatic heterocycles. The topological polar surface area (TPSA) is 80.9 Å². The summed E-state index contributed by atoms with van der Waals surface area (Å²) in [6, 6.07) is 0. The maximum Gasteiger partial charge on any atom is 0.0837 e. The molecule has 1 unspecified atom stereocenters. The van der Waals surface area contributed by atoms with Crippen LogP contribution in [-0.4, -0.2) is 43.8 Å². The molecule has 0 bridgehead atoms. The van der Waals surface area contributed by atoms with Gasteiger partial charge < -0.3 is 20.4 Å². The van der Waals surface area contributed by atoms with Gasteiger partial charge in [-0.2, -0.15) is 0 Å². The fraction of sp³-hybridized carbons (Fsp3) is 0.818. The van der Waals surface area contributed by atoms with Crippen LogP contribution in [0.1, 0.15) is 119 Å². The second-order valence-electron chi connectivity index (χ2n) is 14.3. The Morgan fingerprint density at radius 1 is 1.00 bits per heavy atom. The first kappa shape index (κ1) is 30.6. The molecule has 212 valence electrons. The summed E-state index contributed by atoms with van der Waals surface area (Å²) in [5.74, 6) is 1.71. The molecule has 4 N–H and O–H groups in total. The SMILES string of the molecule is C=C1/C(=C/C=C2/CCC[C@@]3(C)C2CC[C@@H]3C(CCCC(C)(C)O)CCCC(C)(C)O)C[C@@H](O)[C@H](C)[C@@H]1O. The van der Waals surface area contributed by atoms with Crippen molar-refractivity contribution in [1.29, 1.82) is 0 Å². The summed E-state index contributed by atoms with van der Waals surface area (Å²) in [4.78, 5) is 0. The average molecular weight is 517 g/mol. The van der Waals surface area contributed by atoms with Gasteiger partial charge in [0.1, 0.15) is 0 Å². The van der Waals surface area contributed by atoms with E-state index in [1.54, 1.807) is 0 Å². The molecule has 0 spiro atoms. The van der Waals surface area contributed by atoms with Gasteiger partial charge in [0.05, 0.1) is 23.4 Å². The third-order valence-corrected chi connectivity index (χ3v) is 10.1. The highest BCUT2D eigenvalue weighted by Gasteiger charge is 2.51. The Balaban J connectivity index is 1.77. The number of fused-ring (bicyclic) bond motifs is 1. The van der Waals surface area contributed by atoms with Crippen LogP contribution in [0.2, 0.25) is 0 Å². The number of hydrogen-bond donors (Lipinski definition) is 4. The largest absolute Gasteiger partial charge is 0.392 e. The molecule has 3 rings (SSSR count). The molecule has 0 heterocycles. The van der Waals surface area contributed by atoms with Crippen LogP contribution in [0.4, 0.5) is 0 Å². The summed E-state index contributed by atoms with van der Waals surface area (Å²) >= 11 is 0. The Morgan fingerprint density at radius 2 is 1.59 bits per heavy atom. The summed E-state index contributed by atoms with van der Waals surface area (Å²) in [6.45, 7) is 16.2. The van der Waals surface area contributed by atoms with Crippen molar-refractivity contribution < 1.29 is 20.4 Å². The Labute approximate surface area is 227 Å². The lowest BCUT2D eigenvalue weighted by Crippen LogP contribution is -2.37. The first-order valence-electron chi connectivity index (χ1n) is 15.0. The minimum Gasteiger partial charge on any atom is -0.392 e. The van der Waals surface area contributed by atoms with Crippen molar-refractivity contribution in [3.05, 3.63) is 35.5 Å². The Hall–Kier alpha value is -0.940. The fourth-order valence-corrected chi connectivity index (χ4v) is 7.84. The molecule has 0 amide bonds. The van der Waals surface area contributed by atoms with Crippen LogP contribution in [0.5, 0.6) is 0 Å². The molecular weight excluding hydrogens is 460 g/mol. The van der Waals surface area contributed by atoms with Gasteiger partial charge in [0.2, 0.25) is 0 Å². The Kier molecular flexibility index (Phi) is 9.98. The first-order valence-corrected chi connectivity index (χ1v) is 15.0. The third-order valence-electron chi connectivity index (χ3n) is 10.1. The van der Waals surface area contributed by atoms with E-state index in [9.17, 15) is 20.4 Å². The number of hydrogen-bond acceptors (Lipinski definition) is 4. The van der Waals surface area contributed by atoms with Crippen LogP contribution in [0.15, 0.2) is 35.5 Å². The summed E-state index contributed by atoms with van der Waals surface area (Å²) < 4.78 is 0. The number of rotatable bonds is 10. The molecule has 4 heteroatoms. The van der Waals surface area contributed by atoms with Gasteiger partial charge in [-0.25, -0.2) is 0 Å². The minimum atomic E-state index is -0.672. The van der Waals surface area contributed by atoms with Gasteiger partial charge in [-0.15, -0.1) is 0 Å². The Morgan fingerprint density at radius 3 is 2.16 bits per heavy atom. The molecule has 6 atom stereocenters. The van der Waals surface area contributed by atoms with Crippen LogP contribution in [0.25, 0.3) is 0 Å². The van der Waals surface area contributed by atoms with Crippen molar-refractivity contribution in [2.45, 2.75) is 142 Å². The van der Waals surface area contributed by atoms with Crippen molar-refractivity contribution in [1.82, 2.24) is 0 Å². The van der Waals surface area contributed by atoms with Crippen LogP contribution in [-0.2, 0) is 0 Å². The lowest BCUT2D eigenvalue weighted by Gasteiger charge is -2.45. The number of allylic oxidation sites excluding steroid dienone is 3. The average Bonchev–Trinajstić information content (AvgIpc) is 3.14. The molecule has 3 fully saturated rings. The van der Waals surface area contributed by atoms with E-state index in [0.717, 1.165) is 56.1 Å². The van der Waals surface area contributed by atoms with E-state index >= 15 is 0 Å². The highest BCUT2D eigenvalue weighted by molar-refractivity contribution is 5.39. The van der Waals surface area contributed by atoms with Crippen LogP contribution >= 0.6 is 0 Å². The maximum absolute atomic E-state index is 10.5. The van der Waals surface area contributed by atoms with E-state index in [0.29, 0.717) is 24.2 Å². The van der Waals surface area contributed by atoms with E-state index in [-0.39, 0.29) is 11.3 Å². The Bertz CT molecular complexity index is 821. The second kappa shape index (κ2) is 12.1. The molecule has 37 heavy (non-hydrogen) atoms. The predicted molar refractivity (Wildman–Crippen MR) is 153 cm³/mol. The predicted octanol–water partition coefficient (Wildman–Crippen LogP) is 6.87. The highest BCUT2D eigenvalue weighted by Crippen LogP contribution is 2.60. The fourth-order valence-electron chi connectivity index (χ4n) is 7.84. The highest BCUT2D eigenvalue weighted by atomic mass is 16.3. The number of aliphatic hydroxyl groups is 4. The molecule has 3 saturated carbocycles. The van der Waals surface area contributed by atoms with Gasteiger partial charge in [0.25, 0.3) is 0 Å². The molecule has 0 radical (unpaired) electrons. The van der Waals surface area contributed by atoms with E-state index in [4.69, 9.17) is 0 Å². The zero-order valence-electron chi connectivity index (χ0n) is 24.6. The summed E-state index contributed by atoms with van der Waals surface area (Å²) in [6.07, 6.45) is 16.0. The van der Waals surface area contributed by atoms with Crippen LogP contribution in [0.3, 0.4) is 0 Å². The number of aliphatic hydroxyl groups excluding tert-OH is 2. The lowest BCUT2D eigenvalue weighted by molar-refractivity contribution is 0.0283. The summed E-state index contributed by atoms with van der Waals surface area (Å²) in [7, 11) is 0. The minimum absolute atomic E-state index is 0.171. The molecule has 3 aliphatic rings. The van der Waals surface area contributed by atoms with Gasteiger partial charge in [-0.3, -0.25) is 0 Å². The van der Waals surface area contributed by atoms with E-state index < -0.39 is 23.4 Å².